The summed E-state index contributed by atoms with van der Waals surface area (Å²) in [6.45, 7) is 3.32. The van der Waals surface area contributed by atoms with Crippen molar-refractivity contribution >= 4 is 27.7 Å². The Morgan fingerprint density at radius 1 is 1.03 bits per heavy atom. The molecule has 7 heteroatoms. The van der Waals surface area contributed by atoms with Crippen LogP contribution in [0, 0.1) is 13.8 Å². The van der Waals surface area contributed by atoms with Crippen LogP contribution >= 0.6 is 15.9 Å². The number of carbonyl (C=O) groups is 2. The van der Waals surface area contributed by atoms with Gasteiger partial charge in [0.2, 0.25) is 5.78 Å². The molecule has 1 aromatic heterocycles. The third kappa shape index (κ3) is 4.35. The molecular weight excluding hydrogens is 438 g/mol. The number of rotatable bonds is 6. The van der Waals surface area contributed by atoms with E-state index < -0.39 is 12.6 Å². The fraction of sp³-hybridized carbons (Fsp3) is 0.182. The van der Waals surface area contributed by atoms with Crippen molar-refractivity contribution in [2.24, 2.45) is 0 Å². The van der Waals surface area contributed by atoms with Crippen molar-refractivity contribution in [3.63, 3.8) is 0 Å². The summed E-state index contributed by atoms with van der Waals surface area (Å²) in [6.07, 6.45) is 0. The number of hydrogen-bond donors (Lipinski definition) is 1. The van der Waals surface area contributed by atoms with E-state index >= 15 is 0 Å². The molecule has 1 heterocycles. The number of phenolic OH excluding ortho intramolecular Hbond substituents is 1. The summed E-state index contributed by atoms with van der Waals surface area (Å²) < 4.78 is 12.9. The number of aromatic hydroxyl groups is 1. The Labute approximate surface area is 176 Å². The number of nitrogens with zero attached hydrogens (tertiary/aromatic N) is 1. The van der Waals surface area contributed by atoms with Gasteiger partial charge in [0.25, 0.3) is 0 Å². The summed E-state index contributed by atoms with van der Waals surface area (Å²) >= 11 is 3.24. The Morgan fingerprint density at radius 2 is 1.72 bits per heavy atom. The normalized spacial score (nSPS) is 10.6. The van der Waals surface area contributed by atoms with Gasteiger partial charge in [0, 0.05) is 27.1 Å². The molecule has 29 heavy (non-hydrogen) atoms. The number of aromatic nitrogens is 1. The molecule has 0 radical (unpaired) electrons. The maximum Gasteiger partial charge on any atom is 0.342 e. The lowest BCUT2D eigenvalue weighted by molar-refractivity contribution is 0.0471. The first-order chi connectivity index (χ1) is 13.8. The van der Waals surface area contributed by atoms with Gasteiger partial charge in [-0.05, 0) is 62.4 Å². The summed E-state index contributed by atoms with van der Waals surface area (Å²) in [7, 11) is 1.60. The van der Waals surface area contributed by atoms with Gasteiger partial charge in [-0.3, -0.25) is 4.79 Å². The van der Waals surface area contributed by atoms with E-state index in [-0.39, 0.29) is 17.1 Å². The SMILES string of the molecule is COc1ccc(-n2c(C)cc(C(=O)COC(=O)c3cc(Br)ccc3O)c2C)cc1. The molecule has 0 spiro atoms. The van der Waals surface area contributed by atoms with Gasteiger partial charge in [-0.15, -0.1) is 0 Å². The minimum Gasteiger partial charge on any atom is -0.507 e. The molecule has 1 N–H and O–H groups in total. The Morgan fingerprint density at radius 3 is 2.38 bits per heavy atom. The molecule has 0 saturated heterocycles. The highest BCUT2D eigenvalue weighted by Gasteiger charge is 2.20. The summed E-state index contributed by atoms with van der Waals surface area (Å²) in [5.74, 6) is -0.541. The van der Waals surface area contributed by atoms with Crippen LogP contribution in [0.15, 0.2) is 53.0 Å². The summed E-state index contributed by atoms with van der Waals surface area (Å²) in [4.78, 5) is 24.9. The monoisotopic (exact) mass is 457 g/mol. The smallest absolute Gasteiger partial charge is 0.342 e. The highest BCUT2D eigenvalue weighted by molar-refractivity contribution is 9.10. The van der Waals surface area contributed by atoms with E-state index in [1.54, 1.807) is 19.2 Å². The minimum atomic E-state index is -0.763. The number of carbonyl (C=O) groups excluding carboxylic acids is 2. The van der Waals surface area contributed by atoms with Gasteiger partial charge in [0.05, 0.1) is 7.11 Å². The van der Waals surface area contributed by atoms with Crippen molar-refractivity contribution in [1.82, 2.24) is 4.57 Å². The number of esters is 1. The predicted octanol–water partition coefficient (Wildman–Crippen LogP) is 4.61. The average Bonchev–Trinajstić information content (AvgIpc) is 3.02. The van der Waals surface area contributed by atoms with E-state index in [0.717, 1.165) is 22.8 Å². The van der Waals surface area contributed by atoms with Gasteiger partial charge in [0.1, 0.15) is 17.1 Å². The van der Waals surface area contributed by atoms with E-state index in [0.29, 0.717) is 10.0 Å². The quantitative estimate of drug-likeness (QED) is 0.431. The largest absolute Gasteiger partial charge is 0.507 e. The van der Waals surface area contributed by atoms with Crippen molar-refractivity contribution in [1.29, 1.82) is 0 Å². The lowest BCUT2D eigenvalue weighted by Gasteiger charge is -2.11. The molecule has 3 aromatic rings. The summed E-state index contributed by atoms with van der Waals surface area (Å²) in [6, 6.07) is 13.7. The second-order valence-corrected chi connectivity index (χ2v) is 7.39. The van der Waals surface area contributed by atoms with Gasteiger partial charge < -0.3 is 19.1 Å². The first-order valence-electron chi connectivity index (χ1n) is 8.84. The lowest BCUT2D eigenvalue weighted by atomic mass is 10.1. The second-order valence-electron chi connectivity index (χ2n) is 6.48. The molecule has 0 bridgehead atoms. The second kappa shape index (κ2) is 8.53. The van der Waals surface area contributed by atoms with E-state index in [4.69, 9.17) is 9.47 Å². The molecule has 3 rings (SSSR count). The molecule has 0 aliphatic heterocycles. The molecule has 0 atom stereocenters. The number of halogens is 1. The summed E-state index contributed by atoms with van der Waals surface area (Å²) in [5, 5.41) is 9.82. The number of methoxy groups -OCH3 is 1. The molecule has 0 amide bonds. The molecule has 0 saturated carbocycles. The fourth-order valence-electron chi connectivity index (χ4n) is 3.13. The van der Waals surface area contributed by atoms with Crippen LogP contribution in [0.3, 0.4) is 0 Å². The van der Waals surface area contributed by atoms with Crippen molar-refractivity contribution in [2.45, 2.75) is 13.8 Å². The first-order valence-corrected chi connectivity index (χ1v) is 9.63. The maximum atomic E-state index is 12.7. The van der Waals surface area contributed by atoms with Crippen LogP contribution in [-0.2, 0) is 4.74 Å². The molecule has 0 fully saturated rings. The van der Waals surface area contributed by atoms with Gasteiger partial charge in [-0.2, -0.15) is 0 Å². The van der Waals surface area contributed by atoms with Crippen molar-refractivity contribution in [3.8, 4) is 17.2 Å². The predicted molar refractivity (Wildman–Crippen MR) is 112 cm³/mol. The van der Waals surface area contributed by atoms with Crippen molar-refractivity contribution in [3.05, 3.63) is 75.5 Å². The minimum absolute atomic E-state index is 0.00381. The zero-order valence-corrected chi connectivity index (χ0v) is 17.8. The van der Waals surface area contributed by atoms with E-state index in [1.165, 1.54) is 12.1 Å². The number of ketones is 1. The third-order valence-corrected chi connectivity index (χ3v) is 5.07. The van der Waals surface area contributed by atoms with Gasteiger partial charge in [0.15, 0.2) is 6.61 Å². The fourth-order valence-corrected chi connectivity index (χ4v) is 3.49. The Hall–Kier alpha value is -3.06. The highest BCUT2D eigenvalue weighted by Crippen LogP contribution is 2.25. The molecule has 0 aliphatic carbocycles. The van der Waals surface area contributed by atoms with Gasteiger partial charge >= 0.3 is 5.97 Å². The Kier molecular flexibility index (Phi) is 6.08. The number of hydrogen-bond acceptors (Lipinski definition) is 5. The summed E-state index contributed by atoms with van der Waals surface area (Å²) in [5.41, 5.74) is 3.00. The van der Waals surface area contributed by atoms with Crippen LogP contribution < -0.4 is 4.74 Å². The number of benzene rings is 2. The van der Waals surface area contributed by atoms with E-state index in [9.17, 15) is 14.7 Å². The van der Waals surface area contributed by atoms with Gasteiger partial charge in [-0.1, -0.05) is 15.9 Å². The van der Waals surface area contributed by atoms with E-state index in [1.807, 2.05) is 42.7 Å². The first kappa shape index (κ1) is 20.7. The highest BCUT2D eigenvalue weighted by atomic mass is 79.9. The standard InChI is InChI=1S/C22H20BrNO5/c1-13-10-18(14(2)24(13)16-5-7-17(28-3)8-6-16)21(26)12-29-22(27)19-11-15(23)4-9-20(19)25/h4-11,25H,12H2,1-3H3. The van der Waals surface area contributed by atoms with Crippen LogP contribution in [0.5, 0.6) is 11.5 Å². The molecule has 0 aliphatic rings. The van der Waals surface area contributed by atoms with Crippen LogP contribution in [0.4, 0.5) is 0 Å². The molecule has 0 unspecified atom stereocenters. The van der Waals surface area contributed by atoms with Crippen LogP contribution in [0.25, 0.3) is 5.69 Å². The number of Topliss-reactive ketones (excluding diaryl/α,β-unsaturated/α-hetero) is 1. The number of phenols is 1. The molecule has 150 valence electrons. The van der Waals surface area contributed by atoms with E-state index in [2.05, 4.69) is 15.9 Å². The topological polar surface area (TPSA) is 77.8 Å². The van der Waals surface area contributed by atoms with Crippen LogP contribution in [-0.4, -0.2) is 35.1 Å². The third-order valence-electron chi connectivity index (χ3n) is 4.58. The zero-order chi connectivity index (χ0) is 21.1. The number of aryl methyl sites for hydroxylation is 1. The van der Waals surface area contributed by atoms with Crippen molar-refractivity contribution < 1.29 is 24.2 Å². The lowest BCUT2D eigenvalue weighted by Crippen LogP contribution is -2.15. The zero-order valence-electron chi connectivity index (χ0n) is 16.2. The molecule has 2 aromatic carbocycles. The van der Waals surface area contributed by atoms with Crippen molar-refractivity contribution in [2.75, 3.05) is 13.7 Å². The molecule has 6 nitrogen and oxygen atoms in total. The Bertz CT molecular complexity index is 1070. The maximum absolute atomic E-state index is 12.7. The number of ether oxygens (including phenoxy) is 2. The Balaban J connectivity index is 1.78. The average molecular weight is 458 g/mol. The van der Waals surface area contributed by atoms with Crippen LogP contribution in [0.1, 0.15) is 32.1 Å². The molecular formula is C22H20BrNO5. The van der Waals surface area contributed by atoms with Gasteiger partial charge in [-0.25, -0.2) is 4.79 Å². The van der Waals surface area contributed by atoms with Crippen LogP contribution in [0.2, 0.25) is 0 Å².